The van der Waals surface area contributed by atoms with Gasteiger partial charge in [0, 0.05) is 0 Å². The van der Waals surface area contributed by atoms with E-state index in [1.807, 2.05) is 0 Å². The Morgan fingerprint density at radius 3 is 0.818 bits per heavy atom. The maximum absolute atomic E-state index is 11.3. The summed E-state index contributed by atoms with van der Waals surface area (Å²) < 4.78 is 76.8. The molecule has 0 unspecified atom stereocenters. The first kappa shape index (κ1) is 10.5. The Bertz CT molecular complexity index is 125. The van der Waals surface area contributed by atoms with Crippen molar-refractivity contribution in [1.29, 1.82) is 0 Å². The van der Waals surface area contributed by atoms with Crippen LogP contribution in [0.3, 0.4) is 0 Å². The van der Waals surface area contributed by atoms with E-state index in [9.17, 15) is 35.8 Å². The second kappa shape index (κ2) is 2.23. The van der Waals surface area contributed by atoms with E-state index in [4.69, 9.17) is 0 Å². The highest BCUT2D eigenvalue weighted by Gasteiger charge is 2.63. The van der Waals surface area contributed by atoms with Gasteiger partial charge in [0.15, 0.2) is 0 Å². The lowest BCUT2D eigenvalue weighted by atomic mass is 10.3. The molecular formula is C3F7O-. The van der Waals surface area contributed by atoms with Gasteiger partial charge in [-0.05, 0) is 0 Å². The topological polar surface area (TPSA) is 23.1 Å². The van der Waals surface area contributed by atoms with Gasteiger partial charge in [0.05, 0.1) is 0 Å². The zero-order valence-electron chi connectivity index (χ0n) is 4.55. The standard InChI is InChI=1S/C3F7O/c4-1(11,2(5,6)7)3(8,9)10/q-1. The summed E-state index contributed by atoms with van der Waals surface area (Å²) in [6.07, 6.45) is -12.9. The zero-order chi connectivity index (χ0) is 9.50. The molecule has 0 aromatic carbocycles. The number of hydrogen-bond donors (Lipinski definition) is 0. The normalized spacial score (nSPS) is 15.3. The van der Waals surface area contributed by atoms with E-state index in [0.29, 0.717) is 0 Å². The first-order chi connectivity index (χ1) is 4.50. The van der Waals surface area contributed by atoms with Gasteiger partial charge in [-0.1, -0.05) is 0 Å². The molecule has 0 aliphatic carbocycles. The van der Waals surface area contributed by atoms with Gasteiger partial charge in [0.25, 0.3) is 0 Å². The molecule has 0 rings (SSSR count). The average Bonchev–Trinajstić information content (AvgIpc) is 1.58. The van der Waals surface area contributed by atoms with Crippen LogP contribution in [0, 0.1) is 0 Å². The summed E-state index contributed by atoms with van der Waals surface area (Å²) in [5.74, 6) is -6.38. The van der Waals surface area contributed by atoms with Crippen LogP contribution in [0.25, 0.3) is 0 Å². The van der Waals surface area contributed by atoms with Crippen molar-refractivity contribution in [2.45, 2.75) is 18.2 Å². The van der Waals surface area contributed by atoms with Crippen LogP contribution in [0.15, 0.2) is 0 Å². The molecule has 0 aromatic heterocycles. The van der Waals surface area contributed by atoms with Gasteiger partial charge >= 0.3 is 12.4 Å². The molecule has 8 heteroatoms. The Kier molecular flexibility index (Phi) is 2.12. The number of alkyl halides is 7. The number of hydrogen-bond acceptors (Lipinski definition) is 1. The van der Waals surface area contributed by atoms with Gasteiger partial charge in [-0.15, -0.1) is 0 Å². The van der Waals surface area contributed by atoms with Gasteiger partial charge < -0.3 is 5.11 Å². The van der Waals surface area contributed by atoms with Gasteiger partial charge in [0.2, 0.25) is 5.85 Å². The lowest BCUT2D eigenvalue weighted by Gasteiger charge is -2.34. The molecule has 0 aliphatic rings. The zero-order valence-corrected chi connectivity index (χ0v) is 4.55. The Hall–Kier alpha value is -0.530. The van der Waals surface area contributed by atoms with Crippen molar-refractivity contribution in [3.8, 4) is 0 Å². The van der Waals surface area contributed by atoms with E-state index in [1.165, 1.54) is 0 Å². The minimum Gasteiger partial charge on any atom is -0.811 e. The first-order valence-corrected chi connectivity index (χ1v) is 2.03. The third-order valence-electron chi connectivity index (χ3n) is 0.729. The lowest BCUT2D eigenvalue weighted by Crippen LogP contribution is -2.62. The molecule has 0 N–H and O–H groups in total. The molecule has 0 aromatic rings. The molecule has 0 bridgehead atoms. The molecule has 0 radical (unpaired) electrons. The highest BCUT2D eigenvalue weighted by molar-refractivity contribution is 4.80. The monoisotopic (exact) mass is 185 g/mol. The van der Waals surface area contributed by atoms with Crippen molar-refractivity contribution in [3.05, 3.63) is 0 Å². The molecule has 11 heavy (non-hydrogen) atoms. The van der Waals surface area contributed by atoms with E-state index >= 15 is 0 Å². The first-order valence-electron chi connectivity index (χ1n) is 2.03. The van der Waals surface area contributed by atoms with Crippen LogP contribution in [0.5, 0.6) is 0 Å². The summed E-state index contributed by atoms with van der Waals surface area (Å²) in [7, 11) is 0. The van der Waals surface area contributed by atoms with E-state index in [1.54, 1.807) is 0 Å². The van der Waals surface area contributed by atoms with Crippen LogP contribution in [0.4, 0.5) is 30.7 Å². The predicted octanol–water partition coefficient (Wildman–Crippen LogP) is 1.14. The van der Waals surface area contributed by atoms with E-state index in [2.05, 4.69) is 0 Å². The molecule has 0 amide bonds. The average molecular weight is 185 g/mol. The summed E-state index contributed by atoms with van der Waals surface area (Å²) in [6.45, 7) is 0. The van der Waals surface area contributed by atoms with Crippen LogP contribution >= 0.6 is 0 Å². The van der Waals surface area contributed by atoms with Gasteiger partial charge in [-0.25, -0.2) is 4.39 Å². The molecule has 0 aliphatic heterocycles. The van der Waals surface area contributed by atoms with E-state index < -0.39 is 18.2 Å². The third kappa shape index (κ3) is 1.73. The van der Waals surface area contributed by atoms with Crippen molar-refractivity contribution < 1.29 is 35.8 Å². The molecule has 0 atom stereocenters. The highest BCUT2D eigenvalue weighted by Crippen LogP contribution is 2.41. The van der Waals surface area contributed by atoms with Crippen LogP contribution < -0.4 is 5.11 Å². The largest absolute Gasteiger partial charge is 0.811 e. The Morgan fingerprint density at radius 1 is 0.636 bits per heavy atom. The molecule has 0 heterocycles. The second-order valence-corrected chi connectivity index (χ2v) is 1.59. The summed E-state index contributed by atoms with van der Waals surface area (Å²) in [5, 5.41) is 9.23. The summed E-state index contributed by atoms with van der Waals surface area (Å²) in [4.78, 5) is 0. The SMILES string of the molecule is [O-]C(F)(C(F)(F)F)C(F)(F)F. The minimum absolute atomic E-state index is 6.38. The molecule has 1 nitrogen and oxygen atoms in total. The summed E-state index contributed by atoms with van der Waals surface area (Å²) in [5.41, 5.74) is 0. The molecule has 0 saturated carbocycles. The van der Waals surface area contributed by atoms with Crippen LogP contribution in [0.2, 0.25) is 0 Å². The summed E-state index contributed by atoms with van der Waals surface area (Å²) in [6, 6.07) is 0. The van der Waals surface area contributed by atoms with Crippen molar-refractivity contribution in [2.75, 3.05) is 0 Å². The van der Waals surface area contributed by atoms with E-state index in [-0.39, 0.29) is 0 Å². The molecule has 0 saturated heterocycles. The van der Waals surface area contributed by atoms with Crippen LogP contribution in [-0.4, -0.2) is 18.2 Å². The third-order valence-corrected chi connectivity index (χ3v) is 0.729. The Morgan fingerprint density at radius 2 is 0.818 bits per heavy atom. The maximum atomic E-state index is 11.3. The minimum atomic E-state index is -6.47. The molecular weight excluding hydrogens is 185 g/mol. The molecule has 0 spiro atoms. The lowest BCUT2D eigenvalue weighted by molar-refractivity contribution is -0.634. The van der Waals surface area contributed by atoms with Crippen LogP contribution in [-0.2, 0) is 0 Å². The van der Waals surface area contributed by atoms with Crippen molar-refractivity contribution in [2.24, 2.45) is 0 Å². The van der Waals surface area contributed by atoms with Gasteiger partial charge in [-0.3, -0.25) is 0 Å². The Balaban J connectivity index is 4.75. The van der Waals surface area contributed by atoms with Crippen molar-refractivity contribution in [3.63, 3.8) is 0 Å². The highest BCUT2D eigenvalue weighted by atomic mass is 19.4. The van der Waals surface area contributed by atoms with Gasteiger partial charge in [-0.2, -0.15) is 26.3 Å². The van der Waals surface area contributed by atoms with Crippen LogP contribution in [0.1, 0.15) is 0 Å². The number of rotatable bonds is 0. The number of halogens is 7. The van der Waals surface area contributed by atoms with Crippen molar-refractivity contribution in [1.82, 2.24) is 0 Å². The smallest absolute Gasteiger partial charge is 0.416 e. The predicted molar refractivity (Wildman–Crippen MR) is 15.9 cm³/mol. The maximum Gasteiger partial charge on any atom is 0.416 e. The van der Waals surface area contributed by atoms with Crippen molar-refractivity contribution >= 4 is 0 Å². The fourth-order valence-electron chi connectivity index (χ4n) is 0.161. The molecule has 0 fully saturated rings. The fourth-order valence-corrected chi connectivity index (χ4v) is 0.161. The second-order valence-electron chi connectivity index (χ2n) is 1.59. The van der Waals surface area contributed by atoms with E-state index in [0.717, 1.165) is 0 Å². The Labute approximate surface area is 55.4 Å². The summed E-state index contributed by atoms with van der Waals surface area (Å²) >= 11 is 0. The van der Waals surface area contributed by atoms with Gasteiger partial charge in [0.1, 0.15) is 0 Å². The quantitative estimate of drug-likeness (QED) is 0.519. The fraction of sp³-hybridized carbons (Fsp3) is 1.00. The molecule has 68 valence electrons.